The van der Waals surface area contributed by atoms with Gasteiger partial charge in [-0.15, -0.1) is 0 Å². The zero-order valence-electron chi connectivity index (χ0n) is 6.57. The van der Waals surface area contributed by atoms with E-state index < -0.39 is 17.5 Å². The van der Waals surface area contributed by atoms with Crippen molar-refractivity contribution in [1.29, 1.82) is 5.41 Å². The molecule has 0 radical (unpaired) electrons. The second-order valence-electron chi connectivity index (χ2n) is 2.56. The lowest BCUT2D eigenvalue weighted by atomic mass is 10.1. The second-order valence-corrected chi connectivity index (χ2v) is 2.56. The summed E-state index contributed by atoms with van der Waals surface area (Å²) in [4.78, 5) is 0. The summed E-state index contributed by atoms with van der Waals surface area (Å²) in [5.41, 5.74) is 4.86. The van der Waals surface area contributed by atoms with E-state index in [1.807, 2.05) is 0 Å². The van der Waals surface area contributed by atoms with Crippen molar-refractivity contribution >= 4 is 5.84 Å². The van der Waals surface area contributed by atoms with E-state index in [4.69, 9.17) is 11.1 Å². The Morgan fingerprint density at radius 1 is 1.15 bits per heavy atom. The van der Waals surface area contributed by atoms with Gasteiger partial charge in [0.2, 0.25) is 0 Å². The fraction of sp³-hybridized carbons (Fsp3) is 0.125. The molecule has 0 aliphatic carbocycles. The van der Waals surface area contributed by atoms with Crippen LogP contribution in [0.1, 0.15) is 5.56 Å². The molecule has 0 heterocycles. The monoisotopic (exact) mass is 188 g/mol. The highest BCUT2D eigenvalue weighted by Crippen LogP contribution is 2.13. The van der Waals surface area contributed by atoms with E-state index in [1.165, 1.54) is 0 Å². The third-order valence-electron chi connectivity index (χ3n) is 1.47. The minimum absolute atomic E-state index is 0.119. The van der Waals surface area contributed by atoms with Gasteiger partial charge in [0.1, 0.15) is 5.82 Å². The van der Waals surface area contributed by atoms with Crippen LogP contribution in [0.25, 0.3) is 0 Å². The predicted octanol–water partition coefficient (Wildman–Crippen LogP) is 1.58. The summed E-state index contributed by atoms with van der Waals surface area (Å²) in [6, 6.07) is 1.14. The van der Waals surface area contributed by atoms with E-state index in [-0.39, 0.29) is 17.8 Å². The highest BCUT2D eigenvalue weighted by Gasteiger charge is 2.09. The molecule has 0 aliphatic heterocycles. The van der Waals surface area contributed by atoms with E-state index in [9.17, 15) is 13.2 Å². The first-order valence-corrected chi connectivity index (χ1v) is 3.47. The van der Waals surface area contributed by atoms with Gasteiger partial charge in [0, 0.05) is 12.5 Å². The lowest BCUT2D eigenvalue weighted by Crippen LogP contribution is -2.14. The molecule has 1 aromatic carbocycles. The minimum Gasteiger partial charge on any atom is -0.387 e. The molecule has 0 amide bonds. The van der Waals surface area contributed by atoms with Crippen molar-refractivity contribution in [2.45, 2.75) is 6.42 Å². The van der Waals surface area contributed by atoms with Crippen LogP contribution in [-0.2, 0) is 6.42 Å². The lowest BCUT2D eigenvalue weighted by Gasteiger charge is -2.02. The Morgan fingerprint density at radius 3 is 2.23 bits per heavy atom. The molecule has 70 valence electrons. The Balaban J connectivity index is 3.08. The molecule has 0 unspecified atom stereocenters. The van der Waals surface area contributed by atoms with Crippen molar-refractivity contribution in [1.82, 2.24) is 0 Å². The molecule has 13 heavy (non-hydrogen) atoms. The number of amidine groups is 1. The highest BCUT2D eigenvalue weighted by atomic mass is 19.2. The zero-order chi connectivity index (χ0) is 10.0. The van der Waals surface area contributed by atoms with Crippen LogP contribution in [0.15, 0.2) is 12.1 Å². The zero-order valence-corrected chi connectivity index (χ0v) is 6.57. The fourth-order valence-corrected chi connectivity index (χ4v) is 0.904. The van der Waals surface area contributed by atoms with Gasteiger partial charge < -0.3 is 5.73 Å². The molecule has 0 saturated heterocycles. The summed E-state index contributed by atoms with van der Waals surface area (Å²) in [6.07, 6.45) is -0.219. The normalized spacial score (nSPS) is 10.1. The van der Waals surface area contributed by atoms with Gasteiger partial charge in [0.15, 0.2) is 11.6 Å². The molecule has 2 nitrogen and oxygen atoms in total. The van der Waals surface area contributed by atoms with Gasteiger partial charge in [-0.3, -0.25) is 5.41 Å². The average molecular weight is 188 g/mol. The van der Waals surface area contributed by atoms with Crippen LogP contribution in [0.2, 0.25) is 0 Å². The summed E-state index contributed by atoms with van der Waals surface area (Å²) in [5.74, 6) is -3.58. The molecule has 0 spiro atoms. The van der Waals surface area contributed by atoms with Crippen molar-refractivity contribution in [3.05, 3.63) is 35.1 Å². The van der Waals surface area contributed by atoms with Crippen LogP contribution in [0, 0.1) is 22.9 Å². The summed E-state index contributed by atoms with van der Waals surface area (Å²) >= 11 is 0. The van der Waals surface area contributed by atoms with E-state index in [1.54, 1.807) is 0 Å². The number of halogens is 3. The largest absolute Gasteiger partial charge is 0.387 e. The van der Waals surface area contributed by atoms with Crippen molar-refractivity contribution in [3.63, 3.8) is 0 Å². The molecule has 1 rings (SSSR count). The first-order chi connectivity index (χ1) is 6.00. The van der Waals surface area contributed by atoms with Crippen molar-refractivity contribution in [3.8, 4) is 0 Å². The predicted molar refractivity (Wildman–Crippen MR) is 41.9 cm³/mol. The molecule has 0 fully saturated rings. The van der Waals surface area contributed by atoms with Crippen molar-refractivity contribution < 1.29 is 13.2 Å². The van der Waals surface area contributed by atoms with Gasteiger partial charge in [0.05, 0.1) is 5.84 Å². The Labute approximate surface area is 72.7 Å². The molecular weight excluding hydrogens is 181 g/mol. The lowest BCUT2D eigenvalue weighted by molar-refractivity contribution is 0.491. The summed E-state index contributed by atoms with van der Waals surface area (Å²) in [6.45, 7) is 0. The molecule has 0 aliphatic rings. The van der Waals surface area contributed by atoms with Crippen LogP contribution in [0.3, 0.4) is 0 Å². The van der Waals surface area contributed by atoms with Gasteiger partial charge >= 0.3 is 0 Å². The average Bonchev–Trinajstić information content (AvgIpc) is 1.99. The third kappa shape index (κ3) is 2.21. The first-order valence-electron chi connectivity index (χ1n) is 3.47. The first kappa shape index (κ1) is 9.57. The smallest absolute Gasteiger partial charge is 0.161 e. The fourth-order valence-electron chi connectivity index (χ4n) is 0.904. The second kappa shape index (κ2) is 3.47. The maximum absolute atomic E-state index is 12.8. The molecule has 0 aromatic heterocycles. The molecule has 5 heteroatoms. The van der Waals surface area contributed by atoms with Gasteiger partial charge in [0.25, 0.3) is 0 Å². The molecule has 0 atom stereocenters. The Bertz CT molecular complexity index is 349. The Kier molecular flexibility index (Phi) is 2.55. The minimum atomic E-state index is -1.25. The number of nitrogens with two attached hydrogens (primary N) is 1. The Hall–Kier alpha value is -1.52. The number of hydrogen-bond donors (Lipinski definition) is 2. The van der Waals surface area contributed by atoms with E-state index in [2.05, 4.69) is 0 Å². The molecule has 0 saturated carbocycles. The van der Waals surface area contributed by atoms with Crippen molar-refractivity contribution in [2.24, 2.45) is 5.73 Å². The van der Waals surface area contributed by atoms with Gasteiger partial charge in [-0.25, -0.2) is 13.2 Å². The van der Waals surface area contributed by atoms with Crippen molar-refractivity contribution in [2.75, 3.05) is 0 Å². The van der Waals surface area contributed by atoms with Crippen LogP contribution >= 0.6 is 0 Å². The van der Waals surface area contributed by atoms with Gasteiger partial charge in [-0.1, -0.05) is 0 Å². The Morgan fingerprint density at radius 2 is 1.69 bits per heavy atom. The van der Waals surface area contributed by atoms with Crippen LogP contribution < -0.4 is 5.73 Å². The van der Waals surface area contributed by atoms with Gasteiger partial charge in [-0.05, 0) is 11.6 Å². The van der Waals surface area contributed by atoms with E-state index in [0.29, 0.717) is 12.1 Å². The third-order valence-corrected chi connectivity index (χ3v) is 1.47. The maximum Gasteiger partial charge on any atom is 0.161 e. The molecule has 1 aromatic rings. The van der Waals surface area contributed by atoms with Crippen LogP contribution in [0.5, 0.6) is 0 Å². The number of nitrogens with one attached hydrogen (secondary N) is 1. The SMILES string of the molecule is N=C(N)Cc1cc(F)c(F)cc1F. The van der Waals surface area contributed by atoms with E-state index in [0.717, 1.165) is 0 Å². The molecule has 0 bridgehead atoms. The number of benzene rings is 1. The topological polar surface area (TPSA) is 49.9 Å². The molecular formula is C8H7F3N2. The summed E-state index contributed by atoms with van der Waals surface area (Å²) in [5, 5.41) is 6.85. The van der Waals surface area contributed by atoms with Crippen LogP contribution in [0.4, 0.5) is 13.2 Å². The summed E-state index contributed by atoms with van der Waals surface area (Å²) < 4.78 is 37.8. The summed E-state index contributed by atoms with van der Waals surface area (Å²) in [7, 11) is 0. The molecule has 3 N–H and O–H groups in total. The number of hydrogen-bond acceptors (Lipinski definition) is 1. The highest BCUT2D eigenvalue weighted by molar-refractivity contribution is 5.79. The standard InChI is InChI=1S/C8H7F3N2/c9-5-3-7(11)6(10)1-4(5)2-8(12)13/h1,3H,2H2,(H3,12,13). The van der Waals surface area contributed by atoms with Crippen LogP contribution in [-0.4, -0.2) is 5.84 Å². The maximum atomic E-state index is 12.8. The number of rotatable bonds is 2. The van der Waals surface area contributed by atoms with E-state index >= 15 is 0 Å². The quantitative estimate of drug-likeness (QED) is 0.413. The van der Waals surface area contributed by atoms with Gasteiger partial charge in [-0.2, -0.15) is 0 Å².